The molecule has 0 unspecified atom stereocenters. The van der Waals surface area contributed by atoms with Crippen LogP contribution in [0.25, 0.3) is 0 Å². The lowest BCUT2D eigenvalue weighted by molar-refractivity contribution is -0.123. The van der Waals surface area contributed by atoms with Gasteiger partial charge in [0.25, 0.3) is 0 Å². The number of halogens is 1. The molecule has 4 rings (SSSR count). The van der Waals surface area contributed by atoms with Crippen LogP contribution < -0.4 is 10.6 Å². The molecule has 8 heteroatoms. The Bertz CT molecular complexity index is 933. The molecule has 7 nitrogen and oxygen atoms in total. The third-order valence-corrected chi connectivity index (χ3v) is 7.12. The van der Waals surface area contributed by atoms with E-state index in [9.17, 15) is 4.79 Å². The van der Waals surface area contributed by atoms with Crippen LogP contribution in [0.1, 0.15) is 54.8 Å². The molecule has 2 atom stereocenters. The Morgan fingerprint density at radius 2 is 1.94 bits per heavy atom. The van der Waals surface area contributed by atoms with Crippen LogP contribution in [0.4, 0.5) is 5.82 Å². The van der Waals surface area contributed by atoms with Gasteiger partial charge in [0.1, 0.15) is 12.1 Å². The summed E-state index contributed by atoms with van der Waals surface area (Å²) in [6.07, 6.45) is 5.74. The highest BCUT2D eigenvalue weighted by molar-refractivity contribution is 6.30. The molecule has 1 fully saturated rings. The third-order valence-electron chi connectivity index (χ3n) is 6.86. The number of amides is 1. The van der Waals surface area contributed by atoms with Crippen molar-refractivity contribution in [1.82, 2.24) is 20.2 Å². The fourth-order valence-corrected chi connectivity index (χ4v) is 5.00. The van der Waals surface area contributed by atoms with Gasteiger partial charge in [-0.2, -0.15) is 0 Å². The van der Waals surface area contributed by atoms with Gasteiger partial charge in [-0.1, -0.05) is 30.7 Å². The molecule has 2 aromatic rings. The van der Waals surface area contributed by atoms with E-state index in [0.717, 1.165) is 56.0 Å². The number of rotatable bonds is 9. The van der Waals surface area contributed by atoms with Gasteiger partial charge in [0.2, 0.25) is 5.91 Å². The van der Waals surface area contributed by atoms with E-state index in [2.05, 4.69) is 39.5 Å². The first-order valence-electron chi connectivity index (χ1n) is 11.9. The summed E-state index contributed by atoms with van der Waals surface area (Å²) in [5.74, 6) is 1.12. The van der Waals surface area contributed by atoms with E-state index in [-0.39, 0.29) is 11.8 Å². The standard InChI is InChI=1S/C25H34ClN5O2/c1-17-3-8-22-23(17)24(30-16-29-22)27-11-12-28-25(32)21(18-4-6-19(26)7-5-18)15-31(2)20-9-13-33-14-10-20/h4-7,16-17,20-21H,3,8-15H2,1-2H3,(H,28,32)(H,27,29,30)/t17-,21-/m1/s1. The zero-order chi connectivity index (χ0) is 23.2. The number of benzene rings is 1. The van der Waals surface area contributed by atoms with Crippen LogP contribution >= 0.6 is 11.6 Å². The molecule has 1 aromatic heterocycles. The zero-order valence-corrected chi connectivity index (χ0v) is 20.3. The number of fused-ring (bicyclic) bond motifs is 1. The molecular weight excluding hydrogens is 438 g/mol. The summed E-state index contributed by atoms with van der Waals surface area (Å²) in [5, 5.41) is 7.20. The third kappa shape index (κ3) is 6.02. The number of hydrogen-bond acceptors (Lipinski definition) is 6. The van der Waals surface area contributed by atoms with Crippen LogP contribution in [0.5, 0.6) is 0 Å². The molecule has 2 heterocycles. The molecule has 0 spiro atoms. The molecule has 1 saturated heterocycles. The molecule has 178 valence electrons. The number of aryl methyl sites for hydroxylation is 1. The molecule has 2 aliphatic rings. The van der Waals surface area contributed by atoms with Crippen molar-refractivity contribution in [2.75, 3.05) is 45.2 Å². The number of nitrogens with one attached hydrogen (secondary N) is 2. The van der Waals surface area contributed by atoms with Gasteiger partial charge in [-0.15, -0.1) is 0 Å². The van der Waals surface area contributed by atoms with Crippen molar-refractivity contribution in [2.45, 2.75) is 50.5 Å². The van der Waals surface area contributed by atoms with Crippen LogP contribution in [-0.4, -0.2) is 66.7 Å². The predicted octanol–water partition coefficient (Wildman–Crippen LogP) is 3.60. The number of nitrogens with zero attached hydrogens (tertiary/aromatic N) is 3. The highest BCUT2D eigenvalue weighted by Crippen LogP contribution is 2.35. The number of likely N-dealkylation sites (N-methyl/N-ethyl adjacent to an activating group) is 1. The minimum Gasteiger partial charge on any atom is -0.381 e. The number of aromatic nitrogens is 2. The van der Waals surface area contributed by atoms with Crippen LogP contribution in [0.3, 0.4) is 0 Å². The summed E-state index contributed by atoms with van der Waals surface area (Å²) in [7, 11) is 2.10. The van der Waals surface area contributed by atoms with E-state index in [1.165, 1.54) is 5.56 Å². The van der Waals surface area contributed by atoms with E-state index < -0.39 is 0 Å². The van der Waals surface area contributed by atoms with E-state index in [1.807, 2.05) is 24.3 Å². The average Bonchev–Trinajstić information content (AvgIpc) is 3.23. The maximum absolute atomic E-state index is 13.2. The lowest BCUT2D eigenvalue weighted by Gasteiger charge is -2.33. The van der Waals surface area contributed by atoms with Gasteiger partial charge in [-0.3, -0.25) is 4.79 Å². The number of carbonyl (C=O) groups is 1. The second-order valence-corrected chi connectivity index (χ2v) is 9.56. The monoisotopic (exact) mass is 471 g/mol. The minimum absolute atomic E-state index is 0.0271. The summed E-state index contributed by atoms with van der Waals surface area (Å²) in [6, 6.07) is 8.04. The summed E-state index contributed by atoms with van der Waals surface area (Å²) in [6.45, 7) is 5.58. The number of hydrogen-bond donors (Lipinski definition) is 2. The molecule has 2 N–H and O–H groups in total. The van der Waals surface area contributed by atoms with Crippen LogP contribution in [0.2, 0.25) is 5.02 Å². The first kappa shape index (κ1) is 23.9. The van der Waals surface area contributed by atoms with Crippen molar-refractivity contribution in [3.63, 3.8) is 0 Å². The Hall–Kier alpha value is -2.22. The van der Waals surface area contributed by atoms with Crippen molar-refractivity contribution < 1.29 is 9.53 Å². The molecule has 1 amide bonds. The van der Waals surface area contributed by atoms with Gasteiger partial charge in [-0.25, -0.2) is 9.97 Å². The first-order valence-corrected chi connectivity index (χ1v) is 12.3. The van der Waals surface area contributed by atoms with E-state index >= 15 is 0 Å². The zero-order valence-electron chi connectivity index (χ0n) is 19.5. The smallest absolute Gasteiger partial charge is 0.228 e. The SMILES string of the molecule is C[C@@H]1CCc2ncnc(NCCNC(=O)[C@H](CN(C)C3CCOCC3)c3ccc(Cl)cc3)c21. The van der Waals surface area contributed by atoms with Crippen LogP contribution in [0.15, 0.2) is 30.6 Å². The normalized spacial score (nSPS) is 19.3. The van der Waals surface area contributed by atoms with E-state index in [1.54, 1.807) is 6.33 Å². The number of anilines is 1. The van der Waals surface area contributed by atoms with Gasteiger partial charge in [-0.05, 0) is 56.3 Å². The minimum atomic E-state index is -0.265. The summed E-state index contributed by atoms with van der Waals surface area (Å²) >= 11 is 6.09. The molecule has 1 aliphatic carbocycles. The van der Waals surface area contributed by atoms with Gasteiger partial charge < -0.3 is 20.3 Å². The number of ether oxygens (including phenoxy) is 1. The maximum atomic E-state index is 13.2. The first-order chi connectivity index (χ1) is 16.0. The fraction of sp³-hybridized carbons (Fsp3) is 0.560. The summed E-state index contributed by atoms with van der Waals surface area (Å²) in [4.78, 5) is 24.4. The Morgan fingerprint density at radius 1 is 1.18 bits per heavy atom. The molecule has 0 radical (unpaired) electrons. The van der Waals surface area contributed by atoms with E-state index in [0.29, 0.717) is 36.6 Å². The average molecular weight is 472 g/mol. The Morgan fingerprint density at radius 3 is 2.70 bits per heavy atom. The lowest BCUT2D eigenvalue weighted by atomic mass is 9.96. The highest BCUT2D eigenvalue weighted by Gasteiger charge is 2.27. The second kappa shape index (κ2) is 11.3. The molecule has 0 saturated carbocycles. The molecular formula is C25H34ClN5O2. The van der Waals surface area contributed by atoms with Crippen LogP contribution in [-0.2, 0) is 16.0 Å². The van der Waals surface area contributed by atoms with Crippen LogP contribution in [0, 0.1) is 0 Å². The van der Waals surface area contributed by atoms with Crippen molar-refractivity contribution in [3.05, 3.63) is 52.4 Å². The molecule has 1 aliphatic heterocycles. The maximum Gasteiger partial charge on any atom is 0.228 e. The van der Waals surface area contributed by atoms with Crippen molar-refractivity contribution in [2.24, 2.45) is 0 Å². The Balaban J connectivity index is 1.36. The second-order valence-electron chi connectivity index (χ2n) is 9.13. The molecule has 33 heavy (non-hydrogen) atoms. The number of carbonyl (C=O) groups excluding carboxylic acids is 1. The summed E-state index contributed by atoms with van der Waals surface area (Å²) < 4.78 is 5.50. The highest BCUT2D eigenvalue weighted by atomic mass is 35.5. The van der Waals surface area contributed by atoms with Crippen molar-refractivity contribution in [3.8, 4) is 0 Å². The van der Waals surface area contributed by atoms with Gasteiger partial charge in [0.05, 0.1) is 5.92 Å². The Labute approximate surface area is 201 Å². The van der Waals surface area contributed by atoms with E-state index in [4.69, 9.17) is 16.3 Å². The largest absolute Gasteiger partial charge is 0.381 e. The topological polar surface area (TPSA) is 79.4 Å². The van der Waals surface area contributed by atoms with Gasteiger partial charge in [0, 0.05) is 55.2 Å². The lowest BCUT2D eigenvalue weighted by Crippen LogP contribution is -2.43. The van der Waals surface area contributed by atoms with Gasteiger partial charge in [0.15, 0.2) is 0 Å². The van der Waals surface area contributed by atoms with Crippen molar-refractivity contribution in [1.29, 1.82) is 0 Å². The molecule has 0 bridgehead atoms. The quantitative estimate of drug-likeness (QED) is 0.544. The Kier molecular flexibility index (Phi) is 8.17. The summed E-state index contributed by atoms with van der Waals surface area (Å²) in [5.41, 5.74) is 3.34. The fourth-order valence-electron chi connectivity index (χ4n) is 4.88. The molecule has 1 aromatic carbocycles. The van der Waals surface area contributed by atoms with Gasteiger partial charge >= 0.3 is 0 Å². The predicted molar refractivity (Wildman–Crippen MR) is 131 cm³/mol. The van der Waals surface area contributed by atoms with Crippen molar-refractivity contribution >= 4 is 23.3 Å².